The molecule has 3 nitrogen and oxygen atoms in total. The normalized spacial score (nSPS) is 22.0. The van der Waals surface area contributed by atoms with Crippen molar-refractivity contribution >= 4 is 24.3 Å². The van der Waals surface area contributed by atoms with E-state index in [1.807, 2.05) is 20.8 Å². The fourth-order valence-electron chi connectivity index (χ4n) is 1.85. The standard InChI is InChI=1S/C10H16NO2.3CH3.Sn/c1-10(2,3)13-9(12)8-6-4-5-7-11-8;;;;/h6,8,11H,5,7H2,1-3H3;3*1H3;. The van der Waals surface area contributed by atoms with Crippen LogP contribution in [0.5, 0.6) is 0 Å². The Balaban J connectivity index is 2.76. The molecule has 0 bridgehead atoms. The molecule has 0 aromatic heterocycles. The molecular formula is C13H25NO2Sn. The SMILES string of the molecule is CC(C)(C)OC(=O)C1C=[C]([Sn]([CH3])([CH3])[CH3])CCN1. The minimum atomic E-state index is -2.01. The first kappa shape index (κ1) is 15.0. The molecule has 0 aromatic rings. The number of esters is 1. The summed E-state index contributed by atoms with van der Waals surface area (Å²) < 4.78 is 6.95. The Morgan fingerprint density at radius 1 is 1.41 bits per heavy atom. The Hall–Kier alpha value is -0.0313. The van der Waals surface area contributed by atoms with Crippen LogP contribution >= 0.6 is 0 Å². The zero-order valence-corrected chi connectivity index (χ0v) is 14.7. The van der Waals surface area contributed by atoms with Gasteiger partial charge in [-0.05, 0) is 0 Å². The summed E-state index contributed by atoms with van der Waals surface area (Å²) in [5, 5.41) is 3.23. The van der Waals surface area contributed by atoms with Crippen LogP contribution in [-0.4, -0.2) is 42.5 Å². The van der Waals surface area contributed by atoms with Gasteiger partial charge in [-0.25, -0.2) is 0 Å². The second kappa shape index (κ2) is 5.31. The van der Waals surface area contributed by atoms with Crippen LogP contribution in [0, 0.1) is 0 Å². The van der Waals surface area contributed by atoms with Crippen LogP contribution in [0.2, 0.25) is 14.8 Å². The number of rotatable bonds is 2. The molecule has 1 aliphatic heterocycles. The summed E-state index contributed by atoms with van der Waals surface area (Å²) in [6, 6.07) is -0.242. The predicted octanol–water partition coefficient (Wildman–Crippen LogP) is 2.49. The van der Waals surface area contributed by atoms with Crippen LogP contribution in [0.3, 0.4) is 0 Å². The Labute approximate surface area is 109 Å². The van der Waals surface area contributed by atoms with E-state index in [1.165, 1.54) is 3.59 Å². The number of carbonyl (C=O) groups excluding carboxylic acids is 1. The van der Waals surface area contributed by atoms with Crippen molar-refractivity contribution in [2.45, 2.75) is 53.7 Å². The number of hydrogen-bond donors (Lipinski definition) is 1. The van der Waals surface area contributed by atoms with Gasteiger partial charge in [0.1, 0.15) is 0 Å². The van der Waals surface area contributed by atoms with Gasteiger partial charge in [0.05, 0.1) is 0 Å². The fourth-order valence-corrected chi connectivity index (χ4v) is 6.25. The topological polar surface area (TPSA) is 38.3 Å². The monoisotopic (exact) mass is 347 g/mol. The Bertz CT molecular complexity index is 323. The summed E-state index contributed by atoms with van der Waals surface area (Å²) >= 11 is -2.01. The average Bonchev–Trinajstić information content (AvgIpc) is 2.14. The van der Waals surface area contributed by atoms with E-state index in [-0.39, 0.29) is 12.0 Å². The second-order valence-corrected chi connectivity index (χ2v) is 21.3. The molecule has 1 atom stereocenters. The van der Waals surface area contributed by atoms with Crippen LogP contribution in [0.4, 0.5) is 0 Å². The molecule has 0 saturated heterocycles. The van der Waals surface area contributed by atoms with Gasteiger partial charge < -0.3 is 0 Å². The molecule has 98 valence electrons. The van der Waals surface area contributed by atoms with Crippen molar-refractivity contribution in [2.24, 2.45) is 0 Å². The summed E-state index contributed by atoms with van der Waals surface area (Å²) in [6.07, 6.45) is 3.21. The van der Waals surface area contributed by atoms with Gasteiger partial charge in [-0.2, -0.15) is 0 Å². The van der Waals surface area contributed by atoms with E-state index in [2.05, 4.69) is 26.2 Å². The molecule has 1 unspecified atom stereocenters. The molecule has 4 heteroatoms. The third-order valence-corrected chi connectivity index (χ3v) is 9.44. The Morgan fingerprint density at radius 2 is 2.00 bits per heavy atom. The van der Waals surface area contributed by atoms with Crippen LogP contribution < -0.4 is 5.32 Å². The van der Waals surface area contributed by atoms with Crippen molar-refractivity contribution in [3.05, 3.63) is 9.67 Å². The van der Waals surface area contributed by atoms with Gasteiger partial charge in [0, 0.05) is 0 Å². The van der Waals surface area contributed by atoms with E-state index in [9.17, 15) is 4.79 Å². The summed E-state index contributed by atoms with van der Waals surface area (Å²) in [7, 11) is 0. The molecule has 1 rings (SSSR count). The molecular weight excluding hydrogens is 321 g/mol. The molecule has 1 aliphatic rings. The van der Waals surface area contributed by atoms with Gasteiger partial charge in [0.25, 0.3) is 0 Å². The first-order valence-electron chi connectivity index (χ1n) is 6.27. The quantitative estimate of drug-likeness (QED) is 0.617. The zero-order chi connectivity index (χ0) is 13.3. The van der Waals surface area contributed by atoms with Gasteiger partial charge in [0.2, 0.25) is 0 Å². The minimum absolute atomic E-state index is 0.148. The van der Waals surface area contributed by atoms with Gasteiger partial charge in [-0.3, -0.25) is 0 Å². The van der Waals surface area contributed by atoms with Gasteiger partial charge >= 0.3 is 109 Å². The molecule has 0 aliphatic carbocycles. The van der Waals surface area contributed by atoms with Crippen LogP contribution in [0.25, 0.3) is 0 Å². The average molecular weight is 346 g/mol. The first-order valence-corrected chi connectivity index (χ1v) is 16.3. The van der Waals surface area contributed by atoms with E-state index in [0.717, 1.165) is 13.0 Å². The number of ether oxygens (including phenoxy) is 1. The number of hydrogen-bond acceptors (Lipinski definition) is 3. The molecule has 0 spiro atoms. The summed E-state index contributed by atoms with van der Waals surface area (Å²) in [5.41, 5.74) is -0.408. The summed E-state index contributed by atoms with van der Waals surface area (Å²) in [6.45, 7) is 6.61. The Morgan fingerprint density at radius 3 is 2.47 bits per heavy atom. The molecule has 1 N–H and O–H groups in total. The van der Waals surface area contributed by atoms with Crippen LogP contribution in [0.15, 0.2) is 9.67 Å². The van der Waals surface area contributed by atoms with Crippen molar-refractivity contribution in [1.82, 2.24) is 5.32 Å². The predicted molar refractivity (Wildman–Crippen MR) is 73.7 cm³/mol. The van der Waals surface area contributed by atoms with Crippen molar-refractivity contribution in [3.63, 3.8) is 0 Å². The van der Waals surface area contributed by atoms with E-state index in [1.54, 1.807) is 0 Å². The second-order valence-electron chi connectivity index (χ2n) is 6.66. The van der Waals surface area contributed by atoms with Crippen molar-refractivity contribution < 1.29 is 9.53 Å². The molecule has 1 heterocycles. The maximum atomic E-state index is 12.0. The van der Waals surface area contributed by atoms with E-state index >= 15 is 0 Å². The maximum absolute atomic E-state index is 12.0. The zero-order valence-electron chi connectivity index (χ0n) is 11.9. The fraction of sp³-hybridized carbons (Fsp3) is 0.769. The molecule has 0 saturated carbocycles. The summed E-state index contributed by atoms with van der Waals surface area (Å²) in [5.74, 6) is -0.148. The Kier molecular flexibility index (Phi) is 4.69. The number of carbonyl (C=O) groups is 1. The van der Waals surface area contributed by atoms with E-state index < -0.39 is 24.0 Å². The van der Waals surface area contributed by atoms with E-state index in [4.69, 9.17) is 4.74 Å². The van der Waals surface area contributed by atoms with Gasteiger partial charge in [-0.1, -0.05) is 0 Å². The van der Waals surface area contributed by atoms with Gasteiger partial charge in [-0.15, -0.1) is 0 Å². The van der Waals surface area contributed by atoms with Crippen molar-refractivity contribution in [3.8, 4) is 0 Å². The first-order chi connectivity index (χ1) is 7.59. The third-order valence-electron chi connectivity index (χ3n) is 2.75. The molecule has 0 aromatic carbocycles. The number of nitrogens with one attached hydrogen (secondary N) is 1. The van der Waals surface area contributed by atoms with Crippen molar-refractivity contribution in [1.29, 1.82) is 0 Å². The molecule has 0 amide bonds. The van der Waals surface area contributed by atoms with Crippen LogP contribution in [-0.2, 0) is 9.53 Å². The van der Waals surface area contributed by atoms with E-state index in [0.29, 0.717) is 0 Å². The molecule has 17 heavy (non-hydrogen) atoms. The summed E-state index contributed by atoms with van der Waals surface area (Å²) in [4.78, 5) is 19.1. The molecule has 0 radical (unpaired) electrons. The molecule has 0 fully saturated rings. The van der Waals surface area contributed by atoms with Gasteiger partial charge in [0.15, 0.2) is 0 Å². The van der Waals surface area contributed by atoms with Crippen LogP contribution in [0.1, 0.15) is 27.2 Å². The van der Waals surface area contributed by atoms with Crippen molar-refractivity contribution in [2.75, 3.05) is 6.54 Å². The third kappa shape index (κ3) is 5.00.